The minimum atomic E-state index is -4.81. The van der Waals surface area contributed by atoms with Gasteiger partial charge in [0.2, 0.25) is 17.7 Å². The molecule has 0 radical (unpaired) electrons. The van der Waals surface area contributed by atoms with Gasteiger partial charge in [0.05, 0.1) is 22.2 Å². The molecule has 7 rings (SSSR count). The van der Waals surface area contributed by atoms with Crippen molar-refractivity contribution in [2.75, 3.05) is 10.2 Å². The van der Waals surface area contributed by atoms with Gasteiger partial charge in [0.25, 0.3) is 0 Å². The molecule has 4 aromatic carbocycles. The molecule has 13 heteroatoms. The Kier molecular flexibility index (Phi) is 7.53. The van der Waals surface area contributed by atoms with E-state index < -0.39 is 57.1 Å². The van der Waals surface area contributed by atoms with Crippen molar-refractivity contribution in [1.82, 2.24) is 4.57 Å². The molecule has 0 aliphatic carbocycles. The minimum Gasteiger partial charge on any atom is -0.325 e. The quantitative estimate of drug-likeness (QED) is 0.199. The lowest BCUT2D eigenvalue weighted by atomic mass is 9.83. The van der Waals surface area contributed by atoms with E-state index in [1.54, 1.807) is 30.3 Å². The molecule has 3 amide bonds. The molecule has 0 bridgehead atoms. The number of halogens is 4. The number of rotatable bonds is 5. The van der Waals surface area contributed by atoms with E-state index in [-0.39, 0.29) is 6.54 Å². The molecule has 5 aromatic rings. The molecule has 0 saturated carbocycles. The highest BCUT2D eigenvalue weighted by molar-refractivity contribution is 8.00. The summed E-state index contributed by atoms with van der Waals surface area (Å²) in [5.41, 5.74) is -0.573. The second kappa shape index (κ2) is 11.4. The number of fused-ring (bicyclic) bond motifs is 3. The number of anilines is 2. The highest BCUT2D eigenvalue weighted by Gasteiger charge is 2.57. The van der Waals surface area contributed by atoms with Crippen LogP contribution in [0.3, 0.4) is 0 Å². The van der Waals surface area contributed by atoms with Gasteiger partial charge in [0.15, 0.2) is 0 Å². The summed E-state index contributed by atoms with van der Waals surface area (Å²) in [5, 5.41) is 4.30. The van der Waals surface area contributed by atoms with Gasteiger partial charge in [-0.3, -0.25) is 23.7 Å². The molecule has 1 saturated heterocycles. The number of carbonyl (C=O) groups excluding carboxylic acids is 3. The van der Waals surface area contributed by atoms with E-state index in [9.17, 15) is 32.3 Å². The molecule has 0 unspecified atom stereocenters. The monoisotopic (exact) mass is 679 g/mol. The predicted molar refractivity (Wildman–Crippen MR) is 172 cm³/mol. The molecule has 1 fully saturated rings. The number of aromatic nitrogens is 1. The lowest BCUT2D eigenvalue weighted by Crippen LogP contribution is -2.33. The van der Waals surface area contributed by atoms with Gasteiger partial charge >= 0.3 is 11.0 Å². The maximum Gasteiger partial charge on any atom is 0.418 e. The number of thiazole rings is 1. The van der Waals surface area contributed by atoms with Crippen molar-refractivity contribution in [1.29, 1.82) is 0 Å². The van der Waals surface area contributed by atoms with E-state index in [2.05, 4.69) is 5.32 Å². The van der Waals surface area contributed by atoms with E-state index in [0.29, 0.717) is 31.1 Å². The fourth-order valence-corrected chi connectivity index (χ4v) is 8.94. The smallest absolute Gasteiger partial charge is 0.325 e. The first kappa shape index (κ1) is 30.3. The molecule has 2 aliphatic rings. The molecule has 46 heavy (non-hydrogen) atoms. The fraction of sp³-hybridized carbons (Fsp3) is 0.152. The zero-order valence-corrected chi connectivity index (χ0v) is 25.8. The van der Waals surface area contributed by atoms with Crippen LogP contribution in [0.2, 0.25) is 5.02 Å². The zero-order chi connectivity index (χ0) is 32.3. The second-order valence-corrected chi connectivity index (χ2v) is 13.4. The predicted octanol–water partition coefficient (Wildman–Crippen LogP) is 7.17. The number of carbonyl (C=O) groups is 3. The van der Waals surface area contributed by atoms with Gasteiger partial charge in [-0.2, -0.15) is 13.2 Å². The fourth-order valence-electron chi connectivity index (χ4n) is 6.04. The number of hydrogen-bond donors (Lipinski definition) is 1. The average molecular weight is 680 g/mol. The van der Waals surface area contributed by atoms with Crippen LogP contribution in [-0.2, 0) is 27.1 Å². The average Bonchev–Trinajstić information content (AvgIpc) is 3.47. The molecular weight excluding hydrogens is 659 g/mol. The lowest BCUT2D eigenvalue weighted by Gasteiger charge is -2.30. The van der Waals surface area contributed by atoms with Gasteiger partial charge < -0.3 is 5.32 Å². The molecular formula is C33H21ClF3N3O4S2. The Bertz CT molecular complexity index is 2110. The summed E-state index contributed by atoms with van der Waals surface area (Å²) in [6.07, 6.45) is -4.81. The van der Waals surface area contributed by atoms with E-state index in [4.69, 9.17) is 11.6 Å². The number of amides is 3. The Morgan fingerprint density at radius 2 is 1.57 bits per heavy atom. The lowest BCUT2D eigenvalue weighted by molar-refractivity contribution is -0.137. The number of benzene rings is 4. The van der Waals surface area contributed by atoms with Crippen LogP contribution in [-0.4, -0.2) is 27.5 Å². The van der Waals surface area contributed by atoms with Gasteiger partial charge in [0.1, 0.15) is 11.8 Å². The SMILES string of the molecule is O=C(Cn1c2c(sc1=O)[C@@H](c1ccc(Cl)cc1)[C@@H]1C(=O)N(c3ccccc3C(F)(F)F)C(=O)[C@@H]1S2)Nc1ccc2ccccc2c1. The normalized spacial score (nSPS) is 19.3. The summed E-state index contributed by atoms with van der Waals surface area (Å²) in [7, 11) is 0. The molecule has 1 aromatic heterocycles. The molecule has 0 spiro atoms. The molecule has 3 heterocycles. The van der Waals surface area contributed by atoms with E-state index >= 15 is 0 Å². The Labute approximate surface area is 272 Å². The molecule has 232 valence electrons. The van der Waals surface area contributed by atoms with Gasteiger partial charge in [-0.15, -0.1) is 0 Å². The number of thioether (sulfide) groups is 1. The van der Waals surface area contributed by atoms with Crippen LogP contribution in [0.15, 0.2) is 101 Å². The van der Waals surface area contributed by atoms with Crippen LogP contribution >= 0.6 is 34.7 Å². The summed E-state index contributed by atoms with van der Waals surface area (Å²) in [5.74, 6) is -4.07. The Balaban J connectivity index is 1.28. The van der Waals surface area contributed by atoms with Crippen molar-refractivity contribution >= 4 is 74.6 Å². The first-order valence-electron chi connectivity index (χ1n) is 14.0. The van der Waals surface area contributed by atoms with Crippen molar-refractivity contribution in [3.05, 3.63) is 122 Å². The van der Waals surface area contributed by atoms with Crippen LogP contribution in [0.1, 0.15) is 21.9 Å². The number of nitrogens with zero attached hydrogens (tertiary/aromatic N) is 2. The summed E-state index contributed by atoms with van der Waals surface area (Å²) in [6, 6.07) is 24.0. The van der Waals surface area contributed by atoms with E-state index in [1.807, 2.05) is 36.4 Å². The number of hydrogen-bond acceptors (Lipinski definition) is 6. The minimum absolute atomic E-state index is 0.317. The van der Waals surface area contributed by atoms with Gasteiger partial charge in [-0.25, -0.2) is 4.90 Å². The molecule has 3 atom stereocenters. The molecule has 2 aliphatic heterocycles. The summed E-state index contributed by atoms with van der Waals surface area (Å²) in [6.45, 7) is -0.377. The summed E-state index contributed by atoms with van der Waals surface area (Å²) >= 11 is 7.89. The van der Waals surface area contributed by atoms with Gasteiger partial charge in [-0.05, 0) is 52.7 Å². The van der Waals surface area contributed by atoms with Crippen molar-refractivity contribution in [3.63, 3.8) is 0 Å². The summed E-state index contributed by atoms with van der Waals surface area (Å²) < 4.78 is 43.2. The third-order valence-corrected chi connectivity index (χ3v) is 10.9. The van der Waals surface area contributed by atoms with Crippen LogP contribution < -0.4 is 15.1 Å². The van der Waals surface area contributed by atoms with Gasteiger partial charge in [0, 0.05) is 21.5 Å². The van der Waals surface area contributed by atoms with E-state index in [0.717, 1.165) is 46.0 Å². The highest BCUT2D eigenvalue weighted by Crippen LogP contribution is 2.54. The Hall–Kier alpha value is -4.39. The Morgan fingerprint density at radius 1 is 0.870 bits per heavy atom. The van der Waals surface area contributed by atoms with Gasteiger partial charge in [-0.1, -0.05) is 89.3 Å². The van der Waals surface area contributed by atoms with Crippen molar-refractivity contribution in [2.45, 2.75) is 28.9 Å². The number of nitrogens with one attached hydrogen (secondary N) is 1. The number of para-hydroxylation sites is 1. The first-order valence-corrected chi connectivity index (χ1v) is 16.1. The number of alkyl halides is 3. The maximum absolute atomic E-state index is 14.0. The van der Waals surface area contributed by atoms with Crippen LogP contribution in [0, 0.1) is 5.92 Å². The van der Waals surface area contributed by atoms with Crippen molar-refractivity contribution in [3.8, 4) is 0 Å². The van der Waals surface area contributed by atoms with E-state index in [1.165, 1.54) is 16.7 Å². The molecule has 7 nitrogen and oxygen atoms in total. The summed E-state index contributed by atoms with van der Waals surface area (Å²) in [4.78, 5) is 55.1. The molecule has 1 N–H and O–H groups in total. The number of imide groups is 1. The standard InChI is InChI=1S/C33H21ClF3N3O4S2/c34-20-12-9-18(10-13-20)25-26-27(30(43)40(29(26)42)23-8-4-3-7-22(23)33(35,36)37)45-31-28(25)46-32(44)39(31)16-24(41)38-21-14-11-17-5-1-2-6-19(17)15-21/h1-15,25-27H,16H2,(H,38,41)/t25-,26-,27+/m0/s1. The maximum atomic E-state index is 14.0. The van der Waals surface area contributed by atoms with Crippen LogP contribution in [0.25, 0.3) is 10.8 Å². The van der Waals surface area contributed by atoms with Crippen molar-refractivity contribution < 1.29 is 27.6 Å². The zero-order valence-electron chi connectivity index (χ0n) is 23.5. The topological polar surface area (TPSA) is 88.5 Å². The Morgan fingerprint density at radius 3 is 2.30 bits per heavy atom. The van der Waals surface area contributed by atoms with Crippen LogP contribution in [0.5, 0.6) is 0 Å². The van der Waals surface area contributed by atoms with Crippen molar-refractivity contribution in [2.24, 2.45) is 5.92 Å². The first-order chi connectivity index (χ1) is 22.0. The van der Waals surface area contributed by atoms with Crippen LogP contribution in [0.4, 0.5) is 24.5 Å². The largest absolute Gasteiger partial charge is 0.418 e. The second-order valence-electron chi connectivity index (χ2n) is 10.9. The highest BCUT2D eigenvalue weighted by atomic mass is 35.5. The third kappa shape index (κ3) is 5.20. The third-order valence-electron chi connectivity index (χ3n) is 8.06.